The summed E-state index contributed by atoms with van der Waals surface area (Å²) in [6.07, 6.45) is 10.8. The normalized spacial score (nSPS) is 14.1. The van der Waals surface area contributed by atoms with Crippen LogP contribution in [-0.2, 0) is 6.42 Å². The zero-order chi connectivity index (χ0) is 28.7. The van der Waals surface area contributed by atoms with E-state index >= 15 is 0 Å². The lowest BCUT2D eigenvalue weighted by Gasteiger charge is -2.33. The third kappa shape index (κ3) is 6.69. The summed E-state index contributed by atoms with van der Waals surface area (Å²) in [5, 5.41) is 0. The fraction of sp³-hybridized carbons (Fsp3) is 0.128. The Kier molecular flexibility index (Phi) is 8.86. The molecule has 1 aliphatic rings. The van der Waals surface area contributed by atoms with Crippen LogP contribution < -0.4 is 9.80 Å². The van der Waals surface area contributed by atoms with E-state index < -0.39 is 0 Å². The van der Waals surface area contributed by atoms with E-state index in [4.69, 9.17) is 0 Å². The Bertz CT molecular complexity index is 1670. The van der Waals surface area contributed by atoms with Gasteiger partial charge >= 0.3 is 0 Å². The lowest BCUT2D eigenvalue weighted by molar-refractivity contribution is 0.785. The van der Waals surface area contributed by atoms with Gasteiger partial charge in [0, 0.05) is 32.9 Å². The molecule has 1 atom stereocenters. The molecule has 6 rings (SSSR count). The van der Waals surface area contributed by atoms with Crippen LogP contribution in [0.5, 0.6) is 0 Å². The van der Waals surface area contributed by atoms with E-state index in [0.717, 1.165) is 19.4 Å². The molecule has 5 aromatic rings. The van der Waals surface area contributed by atoms with E-state index in [1.165, 1.54) is 48.6 Å². The van der Waals surface area contributed by atoms with Crippen molar-refractivity contribution in [1.29, 1.82) is 0 Å². The monoisotopic (exact) mass is 658 g/mol. The standard InChI is InChI=1S/C39H35IN2/c1-30-10-8-17-39(28-30)42(36-14-6-3-7-15-36)37-24-22-33(23-25-37)32-20-18-31(19-21-32)26-27-41(35-12-4-2-5-13-35)38-16-9-11-34(40)29-38/h2-14,16-25,28-29,36H,15,26-27H2,1H3. The molecule has 208 valence electrons. The number of anilines is 4. The van der Waals surface area contributed by atoms with Crippen molar-refractivity contribution < 1.29 is 0 Å². The summed E-state index contributed by atoms with van der Waals surface area (Å²) in [5.74, 6) is 0. The van der Waals surface area contributed by atoms with Gasteiger partial charge in [-0.1, -0.05) is 97.1 Å². The van der Waals surface area contributed by atoms with Crippen molar-refractivity contribution in [3.63, 3.8) is 0 Å². The molecule has 0 amide bonds. The zero-order valence-corrected chi connectivity index (χ0v) is 26.1. The maximum Gasteiger partial charge on any atom is 0.0559 e. The van der Waals surface area contributed by atoms with Gasteiger partial charge in [-0.25, -0.2) is 0 Å². The number of benzene rings is 5. The maximum atomic E-state index is 2.45. The van der Waals surface area contributed by atoms with Gasteiger partial charge in [-0.3, -0.25) is 0 Å². The Morgan fingerprint density at radius 3 is 2.02 bits per heavy atom. The van der Waals surface area contributed by atoms with Gasteiger partial charge in [-0.05, 0) is 119 Å². The summed E-state index contributed by atoms with van der Waals surface area (Å²) >= 11 is 2.39. The van der Waals surface area contributed by atoms with Gasteiger partial charge in [0.15, 0.2) is 0 Å². The molecule has 0 aromatic heterocycles. The fourth-order valence-corrected chi connectivity index (χ4v) is 6.17. The Morgan fingerprint density at radius 1 is 0.643 bits per heavy atom. The molecule has 0 aliphatic heterocycles. The van der Waals surface area contributed by atoms with Crippen LogP contribution in [0.1, 0.15) is 17.5 Å². The van der Waals surface area contributed by atoms with Crippen LogP contribution in [0, 0.1) is 10.5 Å². The van der Waals surface area contributed by atoms with E-state index in [2.05, 4.69) is 191 Å². The molecule has 5 aromatic carbocycles. The lowest BCUT2D eigenvalue weighted by Crippen LogP contribution is -2.29. The smallest absolute Gasteiger partial charge is 0.0559 e. The minimum absolute atomic E-state index is 0.303. The second-order valence-corrected chi connectivity index (χ2v) is 12.0. The number of nitrogens with zero attached hydrogens (tertiary/aromatic N) is 2. The average molecular weight is 659 g/mol. The quantitative estimate of drug-likeness (QED) is 0.146. The first-order valence-corrected chi connectivity index (χ1v) is 15.7. The molecule has 42 heavy (non-hydrogen) atoms. The second kappa shape index (κ2) is 13.3. The highest BCUT2D eigenvalue weighted by Crippen LogP contribution is 2.33. The van der Waals surface area contributed by atoms with Crippen molar-refractivity contribution in [3.8, 4) is 11.1 Å². The number of hydrogen-bond donors (Lipinski definition) is 0. The van der Waals surface area contributed by atoms with Crippen molar-refractivity contribution in [2.24, 2.45) is 0 Å². The number of rotatable bonds is 9. The molecule has 1 aliphatic carbocycles. The molecule has 0 N–H and O–H groups in total. The highest BCUT2D eigenvalue weighted by atomic mass is 127. The minimum Gasteiger partial charge on any atom is -0.341 e. The van der Waals surface area contributed by atoms with Gasteiger partial charge in [0.2, 0.25) is 0 Å². The van der Waals surface area contributed by atoms with E-state index in [9.17, 15) is 0 Å². The van der Waals surface area contributed by atoms with E-state index in [-0.39, 0.29) is 0 Å². The van der Waals surface area contributed by atoms with Crippen LogP contribution >= 0.6 is 22.6 Å². The molecule has 0 saturated carbocycles. The number of para-hydroxylation sites is 1. The van der Waals surface area contributed by atoms with Crippen molar-refractivity contribution in [3.05, 3.63) is 166 Å². The van der Waals surface area contributed by atoms with Crippen LogP contribution in [0.3, 0.4) is 0 Å². The summed E-state index contributed by atoms with van der Waals surface area (Å²) in [7, 11) is 0. The van der Waals surface area contributed by atoms with Gasteiger partial charge in [0.25, 0.3) is 0 Å². The summed E-state index contributed by atoms with van der Waals surface area (Å²) in [6, 6.07) is 46.6. The molecule has 3 heteroatoms. The summed E-state index contributed by atoms with van der Waals surface area (Å²) in [4.78, 5) is 4.86. The van der Waals surface area contributed by atoms with E-state index in [1.54, 1.807) is 0 Å². The second-order valence-electron chi connectivity index (χ2n) is 10.8. The highest BCUT2D eigenvalue weighted by Gasteiger charge is 2.19. The van der Waals surface area contributed by atoms with Gasteiger partial charge in [-0.15, -0.1) is 0 Å². The molecule has 0 saturated heterocycles. The molecular formula is C39H35IN2. The predicted octanol–water partition coefficient (Wildman–Crippen LogP) is 10.7. The van der Waals surface area contributed by atoms with Crippen LogP contribution in [-0.4, -0.2) is 12.6 Å². The third-order valence-electron chi connectivity index (χ3n) is 7.81. The van der Waals surface area contributed by atoms with Gasteiger partial charge < -0.3 is 9.80 Å². The summed E-state index contributed by atoms with van der Waals surface area (Å²) in [6.45, 7) is 3.07. The zero-order valence-electron chi connectivity index (χ0n) is 23.9. The first kappa shape index (κ1) is 28.0. The molecule has 2 nitrogen and oxygen atoms in total. The number of hydrogen-bond acceptors (Lipinski definition) is 2. The number of allylic oxidation sites excluding steroid dienone is 2. The Balaban J connectivity index is 1.18. The Hall–Kier alpha value is -4.09. The average Bonchev–Trinajstić information content (AvgIpc) is 3.03. The van der Waals surface area contributed by atoms with Crippen molar-refractivity contribution in [2.45, 2.75) is 25.8 Å². The first-order chi connectivity index (χ1) is 20.6. The number of halogens is 1. The molecule has 0 radical (unpaired) electrons. The van der Waals surface area contributed by atoms with E-state index in [0.29, 0.717) is 6.04 Å². The summed E-state index contributed by atoms with van der Waals surface area (Å²) in [5.41, 5.74) is 9.97. The topological polar surface area (TPSA) is 6.48 Å². The molecule has 1 unspecified atom stereocenters. The molecular weight excluding hydrogens is 623 g/mol. The largest absolute Gasteiger partial charge is 0.341 e. The Labute approximate surface area is 263 Å². The highest BCUT2D eigenvalue weighted by molar-refractivity contribution is 14.1. The first-order valence-electron chi connectivity index (χ1n) is 14.6. The van der Waals surface area contributed by atoms with Crippen molar-refractivity contribution >= 4 is 45.3 Å². The molecule has 0 heterocycles. The van der Waals surface area contributed by atoms with Crippen molar-refractivity contribution in [2.75, 3.05) is 16.3 Å². The minimum atomic E-state index is 0.303. The van der Waals surface area contributed by atoms with Crippen molar-refractivity contribution in [1.82, 2.24) is 0 Å². The lowest BCUT2D eigenvalue weighted by atomic mass is 10.0. The van der Waals surface area contributed by atoms with Gasteiger partial charge in [0.1, 0.15) is 0 Å². The SMILES string of the molecule is Cc1cccc(N(c2ccc(-c3ccc(CCN(c4ccccc4)c4cccc(I)c4)cc3)cc2)C2C=CC=CC2)c1. The van der Waals surface area contributed by atoms with Gasteiger partial charge in [-0.2, -0.15) is 0 Å². The van der Waals surface area contributed by atoms with E-state index in [1.807, 2.05) is 0 Å². The van der Waals surface area contributed by atoms with Crippen LogP contribution in [0.15, 0.2) is 152 Å². The van der Waals surface area contributed by atoms with Crippen LogP contribution in [0.4, 0.5) is 22.7 Å². The third-order valence-corrected chi connectivity index (χ3v) is 8.49. The maximum absolute atomic E-state index is 2.45. The van der Waals surface area contributed by atoms with Gasteiger partial charge in [0.05, 0.1) is 6.04 Å². The fourth-order valence-electron chi connectivity index (χ4n) is 5.65. The molecule has 0 fully saturated rings. The molecule has 0 bridgehead atoms. The Morgan fingerprint density at radius 2 is 1.33 bits per heavy atom. The van der Waals surface area contributed by atoms with Crippen LogP contribution in [0.2, 0.25) is 0 Å². The number of aryl methyl sites for hydroxylation is 1. The summed E-state index contributed by atoms with van der Waals surface area (Å²) < 4.78 is 1.25. The predicted molar refractivity (Wildman–Crippen MR) is 188 cm³/mol. The molecule has 0 spiro atoms. The van der Waals surface area contributed by atoms with Crippen LogP contribution in [0.25, 0.3) is 11.1 Å².